The first-order valence-electron chi connectivity index (χ1n) is 13.2. The lowest BCUT2D eigenvalue weighted by Crippen LogP contribution is -2.50. The maximum atomic E-state index is 15.0. The molecular weight excluding hydrogens is 560 g/mol. The van der Waals surface area contributed by atoms with Crippen molar-refractivity contribution in [2.24, 2.45) is 0 Å². The Balaban J connectivity index is 1.59. The zero-order valence-electron chi connectivity index (χ0n) is 23.3. The van der Waals surface area contributed by atoms with Crippen molar-refractivity contribution < 1.29 is 30.7 Å². The van der Waals surface area contributed by atoms with Crippen LogP contribution in [0.5, 0.6) is 5.75 Å². The molecule has 0 unspecified atom stereocenters. The van der Waals surface area contributed by atoms with Crippen LogP contribution in [-0.4, -0.2) is 75.3 Å². The standard InChI is InChI=1S/C29H34F4N4O3S/c1-19(2)36-14-12-25(23(30)17-36)35-24-8-5-9-27-22(24)15-20(37(27)18-29(31,32)33)7-6-13-34-26-11-10-21(41(4,38)39)16-28(26)40-3/h5,8-11,15-16,19,23,25,34-35H,12-14,17-18H2,1-4H3/t23-,25+/m0/s1. The summed E-state index contributed by atoms with van der Waals surface area (Å²) >= 11 is 0. The Bertz CT molecular complexity index is 1560. The molecule has 0 aliphatic carbocycles. The van der Waals surface area contributed by atoms with Crippen LogP contribution in [-0.2, 0) is 16.4 Å². The van der Waals surface area contributed by atoms with Gasteiger partial charge in [0.15, 0.2) is 9.84 Å². The SMILES string of the molecule is COc1cc(S(C)(=O)=O)ccc1NCC#Cc1cc2c(N[C@@H]3CCN(C(C)C)C[C@@H]3F)cccc2n1CC(F)(F)F. The van der Waals surface area contributed by atoms with E-state index >= 15 is 4.39 Å². The summed E-state index contributed by atoms with van der Waals surface area (Å²) < 4.78 is 85.7. The van der Waals surface area contributed by atoms with Crippen LogP contribution in [0, 0.1) is 11.8 Å². The Labute approximate surface area is 237 Å². The molecule has 0 radical (unpaired) electrons. The van der Waals surface area contributed by atoms with E-state index in [0.29, 0.717) is 41.0 Å². The average molecular weight is 595 g/mol. The van der Waals surface area contributed by atoms with E-state index in [0.717, 1.165) is 17.4 Å². The van der Waals surface area contributed by atoms with E-state index in [-0.39, 0.29) is 23.2 Å². The molecule has 1 fully saturated rings. The minimum Gasteiger partial charge on any atom is -0.495 e. The van der Waals surface area contributed by atoms with Crippen molar-refractivity contribution in [1.29, 1.82) is 0 Å². The number of halogens is 4. The van der Waals surface area contributed by atoms with Crippen molar-refractivity contribution in [3.8, 4) is 17.6 Å². The van der Waals surface area contributed by atoms with E-state index in [2.05, 4.69) is 27.4 Å². The predicted molar refractivity (Wildman–Crippen MR) is 153 cm³/mol. The molecule has 4 rings (SSSR count). The summed E-state index contributed by atoms with van der Waals surface area (Å²) in [6.45, 7) is 3.90. The number of benzene rings is 2. The fraction of sp³-hybridized carbons (Fsp3) is 0.448. The van der Waals surface area contributed by atoms with E-state index in [4.69, 9.17) is 4.74 Å². The molecule has 0 amide bonds. The van der Waals surface area contributed by atoms with Gasteiger partial charge in [0.2, 0.25) is 0 Å². The highest BCUT2D eigenvalue weighted by molar-refractivity contribution is 7.90. The number of piperidine rings is 1. The van der Waals surface area contributed by atoms with Crippen LogP contribution in [0.2, 0.25) is 0 Å². The second-order valence-electron chi connectivity index (χ2n) is 10.4. The number of nitrogens with zero attached hydrogens (tertiary/aromatic N) is 2. The van der Waals surface area contributed by atoms with E-state index in [1.54, 1.807) is 30.3 Å². The third kappa shape index (κ3) is 7.45. The molecule has 41 heavy (non-hydrogen) atoms. The Hall–Kier alpha value is -3.43. The van der Waals surface area contributed by atoms with E-state index in [9.17, 15) is 21.6 Å². The van der Waals surface area contributed by atoms with Gasteiger partial charge in [0.25, 0.3) is 0 Å². The number of hydrogen-bond donors (Lipinski definition) is 2. The molecule has 7 nitrogen and oxygen atoms in total. The number of nitrogens with one attached hydrogen (secondary N) is 2. The first-order chi connectivity index (χ1) is 19.3. The quantitative estimate of drug-likeness (QED) is 0.272. The largest absolute Gasteiger partial charge is 0.495 e. The van der Waals surface area contributed by atoms with E-state index in [1.807, 2.05) is 13.8 Å². The monoisotopic (exact) mass is 594 g/mol. The zero-order valence-corrected chi connectivity index (χ0v) is 24.2. The lowest BCUT2D eigenvalue weighted by Gasteiger charge is -2.37. The van der Waals surface area contributed by atoms with Gasteiger partial charge in [-0.25, -0.2) is 12.8 Å². The number of alkyl halides is 4. The first-order valence-corrected chi connectivity index (χ1v) is 15.1. The highest BCUT2D eigenvalue weighted by Gasteiger charge is 2.32. The molecule has 2 aromatic carbocycles. The van der Waals surface area contributed by atoms with Crippen LogP contribution in [0.15, 0.2) is 47.4 Å². The molecule has 2 atom stereocenters. The maximum absolute atomic E-state index is 15.0. The van der Waals surface area contributed by atoms with Gasteiger partial charge in [0, 0.05) is 42.5 Å². The van der Waals surface area contributed by atoms with Crippen LogP contribution < -0.4 is 15.4 Å². The molecule has 0 bridgehead atoms. The smallest absolute Gasteiger partial charge is 0.406 e. The molecule has 222 valence electrons. The number of anilines is 2. The Morgan fingerprint density at radius 1 is 1.15 bits per heavy atom. The fourth-order valence-electron chi connectivity index (χ4n) is 4.95. The molecule has 1 aliphatic heterocycles. The summed E-state index contributed by atoms with van der Waals surface area (Å²) in [5, 5.41) is 6.79. The number of rotatable bonds is 8. The summed E-state index contributed by atoms with van der Waals surface area (Å²) in [6, 6.07) is 10.7. The lowest BCUT2D eigenvalue weighted by molar-refractivity contribution is -0.140. The second kappa shape index (κ2) is 12.2. The van der Waals surface area contributed by atoms with Crippen molar-refractivity contribution in [3.05, 3.63) is 48.2 Å². The Morgan fingerprint density at radius 3 is 2.54 bits per heavy atom. The van der Waals surface area contributed by atoms with Gasteiger partial charge >= 0.3 is 6.18 Å². The minimum absolute atomic E-state index is 0.0607. The van der Waals surface area contributed by atoms with Crippen LogP contribution in [0.4, 0.5) is 28.9 Å². The average Bonchev–Trinajstić information content (AvgIpc) is 3.23. The number of hydrogen-bond acceptors (Lipinski definition) is 6. The molecule has 2 N–H and O–H groups in total. The molecule has 1 aliphatic rings. The molecule has 0 saturated carbocycles. The van der Waals surface area contributed by atoms with Crippen molar-refractivity contribution in [3.63, 3.8) is 0 Å². The van der Waals surface area contributed by atoms with Gasteiger partial charge in [0.1, 0.15) is 18.5 Å². The number of methoxy groups -OCH3 is 1. The van der Waals surface area contributed by atoms with Crippen molar-refractivity contribution in [2.45, 2.75) is 56.1 Å². The van der Waals surface area contributed by atoms with E-state index < -0.39 is 34.8 Å². The van der Waals surface area contributed by atoms with Gasteiger partial charge in [-0.2, -0.15) is 13.2 Å². The van der Waals surface area contributed by atoms with Crippen LogP contribution in [0.1, 0.15) is 26.0 Å². The van der Waals surface area contributed by atoms with Gasteiger partial charge in [-0.15, -0.1) is 0 Å². The molecule has 2 heterocycles. The van der Waals surface area contributed by atoms with Crippen molar-refractivity contribution >= 4 is 32.1 Å². The molecule has 1 saturated heterocycles. The van der Waals surface area contributed by atoms with Crippen LogP contribution in [0.3, 0.4) is 0 Å². The van der Waals surface area contributed by atoms with Gasteiger partial charge in [-0.05, 0) is 56.5 Å². The molecule has 0 spiro atoms. The third-order valence-electron chi connectivity index (χ3n) is 7.11. The third-order valence-corrected chi connectivity index (χ3v) is 8.22. The second-order valence-corrected chi connectivity index (χ2v) is 12.4. The molecule has 1 aromatic heterocycles. The lowest BCUT2D eigenvalue weighted by atomic mass is 10.0. The summed E-state index contributed by atoms with van der Waals surface area (Å²) in [5.74, 6) is 5.97. The number of aromatic nitrogens is 1. The predicted octanol–water partition coefficient (Wildman–Crippen LogP) is 5.31. The topological polar surface area (TPSA) is 75.6 Å². The molecule has 12 heteroatoms. The molecular formula is C29H34F4N4O3S. The Morgan fingerprint density at radius 2 is 1.90 bits per heavy atom. The summed E-state index contributed by atoms with van der Waals surface area (Å²) in [7, 11) is -2.03. The van der Waals surface area contributed by atoms with Crippen LogP contribution in [0.25, 0.3) is 10.9 Å². The van der Waals surface area contributed by atoms with Gasteiger partial charge < -0.3 is 19.9 Å². The highest BCUT2D eigenvalue weighted by Crippen LogP contribution is 2.32. The minimum atomic E-state index is -4.48. The van der Waals surface area contributed by atoms with Crippen molar-refractivity contribution in [1.82, 2.24) is 9.47 Å². The summed E-state index contributed by atoms with van der Waals surface area (Å²) in [6.07, 6.45) is -3.93. The van der Waals surface area contributed by atoms with Gasteiger partial charge in [0.05, 0.1) is 41.5 Å². The Kier molecular flexibility index (Phi) is 9.09. The zero-order chi connectivity index (χ0) is 29.9. The van der Waals surface area contributed by atoms with Gasteiger partial charge in [-0.1, -0.05) is 12.0 Å². The number of likely N-dealkylation sites (tertiary alicyclic amines) is 1. The fourth-order valence-corrected chi connectivity index (χ4v) is 5.58. The molecule has 3 aromatic rings. The van der Waals surface area contributed by atoms with Crippen LogP contribution >= 0.6 is 0 Å². The summed E-state index contributed by atoms with van der Waals surface area (Å²) in [4.78, 5) is 2.16. The summed E-state index contributed by atoms with van der Waals surface area (Å²) in [5.41, 5.74) is 1.56. The number of sulfone groups is 1. The highest BCUT2D eigenvalue weighted by atomic mass is 32.2. The maximum Gasteiger partial charge on any atom is 0.406 e. The first kappa shape index (κ1) is 30.5. The normalized spacial score (nSPS) is 18.3. The van der Waals surface area contributed by atoms with E-state index in [1.165, 1.54) is 19.2 Å². The number of fused-ring (bicyclic) bond motifs is 1. The van der Waals surface area contributed by atoms with Crippen molar-refractivity contribution in [2.75, 3.05) is 43.6 Å². The number of ether oxygens (including phenoxy) is 1. The van der Waals surface area contributed by atoms with Gasteiger partial charge in [-0.3, -0.25) is 4.90 Å².